The lowest BCUT2D eigenvalue weighted by Gasteiger charge is -2.05. The van der Waals surface area contributed by atoms with Crippen molar-refractivity contribution in [1.29, 1.82) is 0 Å². The van der Waals surface area contributed by atoms with Crippen molar-refractivity contribution >= 4 is 23.3 Å². The van der Waals surface area contributed by atoms with Crippen LogP contribution in [0, 0.1) is 10.1 Å². The van der Waals surface area contributed by atoms with E-state index in [0.717, 1.165) is 0 Å². The number of methoxy groups -OCH3 is 1. The SMILES string of the molecule is COC(=O)c1ccc(COc2ccc(Cl)cc2[N+](=O)[O-])o1. The summed E-state index contributed by atoms with van der Waals surface area (Å²) < 4.78 is 15.0. The van der Waals surface area contributed by atoms with Crippen molar-refractivity contribution in [3.63, 3.8) is 0 Å². The Balaban J connectivity index is 2.11. The number of halogens is 1. The highest BCUT2D eigenvalue weighted by Gasteiger charge is 2.17. The molecule has 2 aromatic rings. The van der Waals surface area contributed by atoms with Gasteiger partial charge in [0.05, 0.1) is 12.0 Å². The van der Waals surface area contributed by atoms with Crippen LogP contribution in [0.4, 0.5) is 5.69 Å². The zero-order chi connectivity index (χ0) is 15.4. The summed E-state index contributed by atoms with van der Waals surface area (Å²) in [5.74, 6) is -0.194. The first-order chi connectivity index (χ1) is 10.0. The van der Waals surface area contributed by atoms with Crippen LogP contribution in [0.1, 0.15) is 16.3 Å². The van der Waals surface area contributed by atoms with E-state index in [1.54, 1.807) is 0 Å². The fraction of sp³-hybridized carbons (Fsp3) is 0.154. The van der Waals surface area contributed by atoms with Gasteiger partial charge in [-0.05, 0) is 24.3 Å². The molecule has 0 aliphatic heterocycles. The molecule has 7 nitrogen and oxygen atoms in total. The highest BCUT2D eigenvalue weighted by molar-refractivity contribution is 6.30. The maximum absolute atomic E-state index is 11.2. The third kappa shape index (κ3) is 3.51. The first-order valence-corrected chi connectivity index (χ1v) is 6.13. The average molecular weight is 312 g/mol. The van der Waals surface area contributed by atoms with Crippen molar-refractivity contribution in [3.05, 3.63) is 57.0 Å². The molecule has 0 aliphatic carbocycles. The molecule has 8 heteroatoms. The van der Waals surface area contributed by atoms with Crippen molar-refractivity contribution < 1.29 is 23.6 Å². The molecular weight excluding hydrogens is 302 g/mol. The van der Waals surface area contributed by atoms with Gasteiger partial charge in [-0.15, -0.1) is 0 Å². The molecule has 1 heterocycles. The van der Waals surface area contributed by atoms with Gasteiger partial charge in [0.15, 0.2) is 5.75 Å². The standard InChI is InChI=1S/C13H10ClNO6/c1-19-13(16)12-5-3-9(21-12)7-20-11-4-2-8(14)6-10(11)15(17)18/h2-6H,7H2,1H3. The number of ether oxygens (including phenoxy) is 2. The molecular formula is C13H10ClNO6. The van der Waals surface area contributed by atoms with Crippen LogP contribution in [0.25, 0.3) is 0 Å². The van der Waals surface area contributed by atoms with Crippen LogP contribution >= 0.6 is 11.6 Å². The monoisotopic (exact) mass is 311 g/mol. The van der Waals surface area contributed by atoms with Crippen LogP contribution in [-0.4, -0.2) is 18.0 Å². The van der Waals surface area contributed by atoms with Crippen molar-refractivity contribution in [2.24, 2.45) is 0 Å². The maximum Gasteiger partial charge on any atom is 0.373 e. The number of carbonyl (C=O) groups excluding carboxylic acids is 1. The second-order valence-electron chi connectivity index (χ2n) is 3.92. The summed E-state index contributed by atoms with van der Waals surface area (Å²) in [7, 11) is 1.23. The first kappa shape index (κ1) is 14.9. The van der Waals surface area contributed by atoms with Crippen molar-refractivity contribution in [2.45, 2.75) is 6.61 Å². The van der Waals surface area contributed by atoms with Crippen LogP contribution in [0.5, 0.6) is 5.75 Å². The number of rotatable bonds is 5. The number of hydrogen-bond donors (Lipinski definition) is 0. The molecule has 0 saturated heterocycles. The number of nitrogens with zero attached hydrogens (tertiary/aromatic N) is 1. The van der Waals surface area contributed by atoms with Crippen LogP contribution in [0.2, 0.25) is 5.02 Å². The number of nitro groups is 1. The molecule has 0 radical (unpaired) electrons. The summed E-state index contributed by atoms with van der Waals surface area (Å²) in [4.78, 5) is 21.5. The normalized spacial score (nSPS) is 10.2. The number of carbonyl (C=O) groups is 1. The maximum atomic E-state index is 11.2. The predicted octanol–water partition coefficient (Wildman–Crippen LogP) is 3.21. The quantitative estimate of drug-likeness (QED) is 0.478. The second kappa shape index (κ2) is 6.27. The van der Waals surface area contributed by atoms with E-state index in [4.69, 9.17) is 20.8 Å². The van der Waals surface area contributed by atoms with E-state index in [0.29, 0.717) is 5.76 Å². The van der Waals surface area contributed by atoms with E-state index >= 15 is 0 Å². The van der Waals surface area contributed by atoms with E-state index in [-0.39, 0.29) is 28.8 Å². The second-order valence-corrected chi connectivity index (χ2v) is 4.35. The minimum Gasteiger partial charge on any atom is -0.479 e. The fourth-order valence-electron chi connectivity index (χ4n) is 1.57. The Morgan fingerprint density at radius 3 is 2.81 bits per heavy atom. The Morgan fingerprint density at radius 1 is 1.38 bits per heavy atom. The van der Waals surface area contributed by atoms with Gasteiger partial charge >= 0.3 is 11.7 Å². The molecule has 0 aliphatic rings. The van der Waals surface area contributed by atoms with Crippen LogP contribution < -0.4 is 4.74 Å². The molecule has 0 saturated carbocycles. The molecule has 0 bridgehead atoms. The van der Waals surface area contributed by atoms with Gasteiger partial charge < -0.3 is 13.9 Å². The Bertz CT molecular complexity index is 681. The van der Waals surface area contributed by atoms with E-state index < -0.39 is 10.9 Å². The summed E-state index contributed by atoms with van der Waals surface area (Å²) in [6, 6.07) is 7.02. The third-order valence-corrected chi connectivity index (χ3v) is 2.77. The molecule has 1 aromatic heterocycles. The average Bonchev–Trinajstić information content (AvgIpc) is 2.93. The van der Waals surface area contributed by atoms with Crippen LogP contribution in [-0.2, 0) is 11.3 Å². The van der Waals surface area contributed by atoms with Crippen LogP contribution in [0.3, 0.4) is 0 Å². The van der Waals surface area contributed by atoms with E-state index in [9.17, 15) is 14.9 Å². The molecule has 1 aromatic carbocycles. The fourth-order valence-corrected chi connectivity index (χ4v) is 1.74. The Hall–Kier alpha value is -2.54. The minimum atomic E-state index is -0.612. The largest absolute Gasteiger partial charge is 0.479 e. The highest BCUT2D eigenvalue weighted by atomic mass is 35.5. The molecule has 0 fully saturated rings. The lowest BCUT2D eigenvalue weighted by molar-refractivity contribution is -0.385. The molecule has 0 unspecified atom stereocenters. The van der Waals surface area contributed by atoms with E-state index in [1.165, 1.54) is 37.4 Å². The lowest BCUT2D eigenvalue weighted by atomic mass is 10.3. The summed E-state index contributed by atoms with van der Waals surface area (Å²) in [6.07, 6.45) is 0. The highest BCUT2D eigenvalue weighted by Crippen LogP contribution is 2.30. The molecule has 0 N–H and O–H groups in total. The molecule has 2 rings (SSSR count). The Morgan fingerprint density at radius 2 is 2.14 bits per heavy atom. The van der Waals surface area contributed by atoms with Gasteiger partial charge in [0.25, 0.3) is 0 Å². The van der Waals surface area contributed by atoms with E-state index in [2.05, 4.69) is 4.74 Å². The minimum absolute atomic E-state index is 0.0294. The van der Waals surface area contributed by atoms with Gasteiger partial charge in [0, 0.05) is 11.1 Å². The Kier molecular flexibility index (Phi) is 4.44. The Labute approximate surface area is 124 Å². The summed E-state index contributed by atoms with van der Waals surface area (Å²) in [6.45, 7) is -0.0700. The van der Waals surface area contributed by atoms with Gasteiger partial charge in [-0.2, -0.15) is 0 Å². The number of furan rings is 1. The molecule has 110 valence electrons. The molecule has 0 amide bonds. The van der Waals surface area contributed by atoms with Gasteiger partial charge in [-0.1, -0.05) is 11.6 Å². The van der Waals surface area contributed by atoms with E-state index in [1.807, 2.05) is 0 Å². The zero-order valence-corrected chi connectivity index (χ0v) is 11.6. The first-order valence-electron chi connectivity index (χ1n) is 5.75. The number of benzene rings is 1. The summed E-state index contributed by atoms with van der Waals surface area (Å²) in [5, 5.41) is 11.1. The van der Waals surface area contributed by atoms with Crippen molar-refractivity contribution in [2.75, 3.05) is 7.11 Å². The summed E-state index contributed by atoms with van der Waals surface area (Å²) >= 11 is 5.70. The summed E-state index contributed by atoms with van der Waals surface area (Å²) in [5.41, 5.74) is -0.248. The predicted molar refractivity (Wildman–Crippen MR) is 72.5 cm³/mol. The zero-order valence-electron chi connectivity index (χ0n) is 10.9. The number of esters is 1. The van der Waals surface area contributed by atoms with Crippen molar-refractivity contribution in [1.82, 2.24) is 0 Å². The van der Waals surface area contributed by atoms with Crippen molar-refractivity contribution in [3.8, 4) is 5.75 Å². The third-order valence-electron chi connectivity index (χ3n) is 2.54. The van der Waals surface area contributed by atoms with Crippen LogP contribution in [0.15, 0.2) is 34.7 Å². The number of hydrogen-bond acceptors (Lipinski definition) is 6. The number of nitro benzene ring substituents is 1. The lowest BCUT2D eigenvalue weighted by Crippen LogP contribution is -2.00. The molecule has 0 spiro atoms. The van der Waals surface area contributed by atoms with Gasteiger partial charge in [0.1, 0.15) is 12.4 Å². The topological polar surface area (TPSA) is 91.8 Å². The smallest absolute Gasteiger partial charge is 0.373 e. The molecule has 0 atom stereocenters. The van der Waals surface area contributed by atoms with Gasteiger partial charge in [-0.3, -0.25) is 10.1 Å². The molecule has 21 heavy (non-hydrogen) atoms. The van der Waals surface area contributed by atoms with Gasteiger partial charge in [-0.25, -0.2) is 4.79 Å². The van der Waals surface area contributed by atoms with Gasteiger partial charge in [0.2, 0.25) is 5.76 Å².